The van der Waals surface area contributed by atoms with Gasteiger partial charge in [-0.2, -0.15) is 0 Å². The molecule has 2 rings (SSSR count). The molecule has 0 aromatic heterocycles. The van der Waals surface area contributed by atoms with Crippen LogP contribution in [0, 0.1) is 0 Å². The minimum Gasteiger partial charge on any atom is -0.466 e. The third-order valence-corrected chi connectivity index (χ3v) is 3.65. The highest BCUT2D eigenvalue weighted by molar-refractivity contribution is 6.30. The molecule has 22 heavy (non-hydrogen) atoms. The Balaban J connectivity index is 1.97. The molecule has 1 atom stereocenters. The maximum atomic E-state index is 11.4. The molecule has 0 spiro atoms. The van der Waals surface area contributed by atoms with Gasteiger partial charge < -0.3 is 10.5 Å². The highest BCUT2D eigenvalue weighted by Crippen LogP contribution is 2.28. The Labute approximate surface area is 136 Å². The minimum atomic E-state index is -0.298. The number of carbonyl (C=O) groups excluding carboxylic acids is 1. The molecule has 0 fully saturated rings. The van der Waals surface area contributed by atoms with E-state index in [4.69, 9.17) is 22.1 Å². The number of benzene rings is 1. The van der Waals surface area contributed by atoms with Crippen molar-refractivity contribution < 1.29 is 9.53 Å². The molecule has 0 amide bonds. The van der Waals surface area contributed by atoms with E-state index < -0.39 is 0 Å². The predicted molar refractivity (Wildman–Crippen MR) is 89.6 cm³/mol. The zero-order valence-electron chi connectivity index (χ0n) is 12.6. The van der Waals surface area contributed by atoms with Crippen LogP contribution in [0.15, 0.2) is 59.8 Å². The molecule has 0 heterocycles. The zero-order valence-corrected chi connectivity index (χ0v) is 13.3. The zero-order chi connectivity index (χ0) is 15.9. The highest BCUT2D eigenvalue weighted by atomic mass is 35.5. The number of halogens is 1. The quantitative estimate of drug-likeness (QED) is 0.832. The smallest absolute Gasteiger partial charge is 0.311 e. The van der Waals surface area contributed by atoms with Crippen LogP contribution in [-0.4, -0.2) is 12.6 Å². The molecule has 2 N–H and O–H groups in total. The Kier molecular flexibility index (Phi) is 5.84. The topological polar surface area (TPSA) is 52.3 Å². The molecule has 1 unspecified atom stereocenters. The summed E-state index contributed by atoms with van der Waals surface area (Å²) in [6.07, 6.45) is 9.10. The normalized spacial score (nSPS) is 18.0. The Hall–Kier alpha value is -2.00. The van der Waals surface area contributed by atoms with Crippen molar-refractivity contribution >= 4 is 17.6 Å². The van der Waals surface area contributed by atoms with Crippen LogP contribution in [0.5, 0.6) is 0 Å². The lowest BCUT2D eigenvalue weighted by Crippen LogP contribution is -2.10. The van der Waals surface area contributed by atoms with Crippen LogP contribution >= 0.6 is 11.6 Å². The molecule has 1 aliphatic rings. The van der Waals surface area contributed by atoms with Gasteiger partial charge in [-0.25, -0.2) is 0 Å². The largest absolute Gasteiger partial charge is 0.466 e. The number of esters is 1. The highest BCUT2D eigenvalue weighted by Gasteiger charge is 2.11. The van der Waals surface area contributed by atoms with Crippen molar-refractivity contribution in [1.82, 2.24) is 0 Å². The van der Waals surface area contributed by atoms with Crippen molar-refractivity contribution in [3.8, 4) is 0 Å². The molecular formula is C18H20ClNO2. The lowest BCUT2D eigenvalue weighted by molar-refractivity contribution is -0.142. The lowest BCUT2D eigenvalue weighted by atomic mass is 9.90. The number of hydrogen-bond donors (Lipinski definition) is 1. The van der Waals surface area contributed by atoms with Crippen LogP contribution in [0.2, 0.25) is 5.02 Å². The number of allylic oxidation sites excluding steroid dienone is 5. The third kappa shape index (κ3) is 4.78. The molecule has 0 saturated heterocycles. The van der Waals surface area contributed by atoms with E-state index in [2.05, 4.69) is 18.2 Å². The van der Waals surface area contributed by atoms with E-state index in [-0.39, 0.29) is 12.4 Å². The summed E-state index contributed by atoms with van der Waals surface area (Å²) >= 11 is 6.03. The van der Waals surface area contributed by atoms with Gasteiger partial charge in [-0.15, -0.1) is 0 Å². The first-order valence-electron chi connectivity index (χ1n) is 7.34. The maximum Gasteiger partial charge on any atom is 0.311 e. The Morgan fingerprint density at radius 1 is 1.50 bits per heavy atom. The van der Waals surface area contributed by atoms with Gasteiger partial charge in [-0.3, -0.25) is 4.79 Å². The molecule has 0 radical (unpaired) electrons. The number of nitrogens with two attached hydrogens (primary N) is 1. The van der Waals surface area contributed by atoms with E-state index in [1.807, 2.05) is 30.4 Å². The van der Waals surface area contributed by atoms with Gasteiger partial charge >= 0.3 is 5.97 Å². The lowest BCUT2D eigenvalue weighted by Gasteiger charge is -2.16. The molecule has 1 aromatic carbocycles. The van der Waals surface area contributed by atoms with E-state index >= 15 is 0 Å². The van der Waals surface area contributed by atoms with E-state index in [1.54, 1.807) is 6.92 Å². The summed E-state index contributed by atoms with van der Waals surface area (Å²) in [4.78, 5) is 11.4. The Morgan fingerprint density at radius 3 is 2.95 bits per heavy atom. The van der Waals surface area contributed by atoms with Gasteiger partial charge in [0.05, 0.1) is 13.0 Å². The fourth-order valence-corrected chi connectivity index (χ4v) is 2.57. The van der Waals surface area contributed by atoms with Crippen molar-refractivity contribution in [1.29, 1.82) is 0 Å². The molecule has 4 heteroatoms. The average molecular weight is 318 g/mol. The van der Waals surface area contributed by atoms with Crippen LogP contribution in [0.4, 0.5) is 0 Å². The molecule has 1 aliphatic carbocycles. The maximum absolute atomic E-state index is 11.4. The SMILES string of the molecule is CCOC(=O)C/C(N)=C/C1=CCC(c2cccc(Cl)c2)C=C1. The second-order valence-electron chi connectivity index (χ2n) is 5.16. The average Bonchev–Trinajstić information content (AvgIpc) is 2.48. The summed E-state index contributed by atoms with van der Waals surface area (Å²) in [6.45, 7) is 2.15. The van der Waals surface area contributed by atoms with Crippen molar-refractivity contribution in [2.24, 2.45) is 5.73 Å². The van der Waals surface area contributed by atoms with Gasteiger partial charge in [0.25, 0.3) is 0 Å². The van der Waals surface area contributed by atoms with Gasteiger partial charge in [0.1, 0.15) is 0 Å². The fourth-order valence-electron chi connectivity index (χ4n) is 2.37. The minimum absolute atomic E-state index is 0.122. The second-order valence-corrected chi connectivity index (χ2v) is 5.60. The van der Waals surface area contributed by atoms with Crippen molar-refractivity contribution in [2.75, 3.05) is 6.61 Å². The number of carbonyl (C=O) groups is 1. The van der Waals surface area contributed by atoms with Crippen LogP contribution < -0.4 is 5.73 Å². The summed E-state index contributed by atoms with van der Waals surface area (Å²) in [6, 6.07) is 7.89. The third-order valence-electron chi connectivity index (χ3n) is 3.41. The summed E-state index contributed by atoms with van der Waals surface area (Å²) < 4.78 is 4.88. The van der Waals surface area contributed by atoms with Crippen LogP contribution in [0.1, 0.15) is 31.2 Å². The molecule has 3 nitrogen and oxygen atoms in total. The number of hydrogen-bond acceptors (Lipinski definition) is 3. The van der Waals surface area contributed by atoms with Crippen LogP contribution in [0.3, 0.4) is 0 Å². The summed E-state index contributed by atoms with van der Waals surface area (Å²) in [5.41, 5.74) is 8.59. The predicted octanol–water partition coefficient (Wildman–Crippen LogP) is 4.11. The number of ether oxygens (including phenoxy) is 1. The summed E-state index contributed by atoms with van der Waals surface area (Å²) in [7, 11) is 0. The first kappa shape index (κ1) is 16.4. The molecule has 0 aliphatic heterocycles. The molecular weight excluding hydrogens is 298 g/mol. The first-order chi connectivity index (χ1) is 10.6. The van der Waals surface area contributed by atoms with E-state index in [9.17, 15) is 4.79 Å². The van der Waals surface area contributed by atoms with Crippen molar-refractivity contribution in [3.05, 3.63) is 70.4 Å². The number of rotatable bonds is 5. The standard InChI is InChI=1S/C18H20ClNO2/c1-2-22-18(21)12-17(20)10-13-6-8-14(9-7-13)15-4-3-5-16(19)11-15/h3-8,10-11,14H,2,9,12,20H2,1H3/b17-10-. The van der Waals surface area contributed by atoms with Gasteiger partial charge in [-0.05, 0) is 42.7 Å². The first-order valence-corrected chi connectivity index (χ1v) is 7.71. The van der Waals surface area contributed by atoms with Crippen LogP contribution in [-0.2, 0) is 9.53 Å². The van der Waals surface area contributed by atoms with E-state index in [1.165, 1.54) is 5.56 Å². The summed E-state index contributed by atoms with van der Waals surface area (Å²) in [5.74, 6) is 0.0237. The molecule has 0 bridgehead atoms. The van der Waals surface area contributed by atoms with Crippen molar-refractivity contribution in [2.45, 2.75) is 25.7 Å². The van der Waals surface area contributed by atoms with Gasteiger partial charge in [0.15, 0.2) is 0 Å². The van der Waals surface area contributed by atoms with E-state index in [0.717, 1.165) is 17.0 Å². The van der Waals surface area contributed by atoms with E-state index in [0.29, 0.717) is 18.2 Å². The van der Waals surface area contributed by atoms with Crippen LogP contribution in [0.25, 0.3) is 0 Å². The second kappa shape index (κ2) is 7.85. The molecule has 1 aromatic rings. The Morgan fingerprint density at radius 2 is 2.32 bits per heavy atom. The van der Waals surface area contributed by atoms with Gasteiger partial charge in [0.2, 0.25) is 0 Å². The van der Waals surface area contributed by atoms with Crippen molar-refractivity contribution in [3.63, 3.8) is 0 Å². The van der Waals surface area contributed by atoms with Gasteiger partial charge in [0, 0.05) is 16.6 Å². The fraction of sp³-hybridized carbons (Fsp3) is 0.278. The Bertz CT molecular complexity index is 632. The monoisotopic (exact) mass is 317 g/mol. The van der Waals surface area contributed by atoms with Gasteiger partial charge in [-0.1, -0.05) is 42.0 Å². The summed E-state index contributed by atoms with van der Waals surface area (Å²) in [5, 5.41) is 0.749. The molecule has 0 saturated carbocycles. The molecule has 116 valence electrons.